The quantitative estimate of drug-likeness (QED) is 0.740. The van der Waals surface area contributed by atoms with Crippen molar-refractivity contribution in [3.63, 3.8) is 0 Å². The van der Waals surface area contributed by atoms with Crippen LogP contribution in [-0.2, 0) is 14.8 Å². The predicted molar refractivity (Wildman–Crippen MR) is 65.5 cm³/mol. The molecule has 2 N–H and O–H groups in total. The van der Waals surface area contributed by atoms with Gasteiger partial charge in [0.2, 0.25) is 21.2 Å². The summed E-state index contributed by atoms with van der Waals surface area (Å²) in [5, 5.41) is 2.46. The Morgan fingerprint density at radius 1 is 1.44 bits per heavy atom. The Balaban J connectivity index is 2.82. The molecule has 1 atom stereocenters. The van der Waals surface area contributed by atoms with E-state index in [-0.39, 0.29) is 10.2 Å². The second kappa shape index (κ2) is 6.07. The van der Waals surface area contributed by atoms with Crippen LogP contribution in [0.25, 0.3) is 0 Å². The summed E-state index contributed by atoms with van der Waals surface area (Å²) in [5.41, 5.74) is 0. The van der Waals surface area contributed by atoms with Crippen LogP contribution in [-0.4, -0.2) is 36.9 Å². The van der Waals surface area contributed by atoms with Crippen LogP contribution in [0.5, 0.6) is 0 Å². The maximum Gasteiger partial charge on any atom is 0.244 e. The van der Waals surface area contributed by atoms with Gasteiger partial charge in [-0.2, -0.15) is 4.72 Å². The summed E-state index contributed by atoms with van der Waals surface area (Å²) < 4.78 is 25.9. The number of carbonyl (C=O) groups excluding carboxylic acids is 1. The van der Waals surface area contributed by atoms with E-state index in [1.807, 2.05) is 0 Å². The third-order valence-corrected chi connectivity index (χ3v) is 3.67. The molecule has 0 spiro atoms. The van der Waals surface area contributed by atoms with Gasteiger partial charge in [0.25, 0.3) is 0 Å². The predicted octanol–water partition coefficient (Wildman–Crippen LogP) is -0.0671. The number of nitrogens with one attached hydrogen (secondary N) is 2. The second-order valence-electron chi connectivity index (χ2n) is 3.43. The lowest BCUT2D eigenvalue weighted by Crippen LogP contribution is -2.44. The highest BCUT2D eigenvalue weighted by Gasteiger charge is 2.22. The molecular formula is C9H13ClN4O3S. The molecule has 1 heterocycles. The van der Waals surface area contributed by atoms with Crippen molar-refractivity contribution >= 4 is 27.5 Å². The summed E-state index contributed by atoms with van der Waals surface area (Å²) >= 11 is 5.46. The Labute approximate surface area is 110 Å². The van der Waals surface area contributed by atoms with Gasteiger partial charge in [-0.1, -0.05) is 0 Å². The monoisotopic (exact) mass is 292 g/mol. The number of carbonyl (C=O) groups is 1. The molecule has 0 aliphatic carbocycles. The van der Waals surface area contributed by atoms with Gasteiger partial charge in [0.1, 0.15) is 4.90 Å². The number of aromatic nitrogens is 2. The van der Waals surface area contributed by atoms with Crippen LogP contribution >= 0.6 is 11.6 Å². The average molecular weight is 293 g/mol. The summed E-state index contributed by atoms with van der Waals surface area (Å²) in [5.74, 6) is -0.407. The fraction of sp³-hybridized carbons (Fsp3) is 0.444. The van der Waals surface area contributed by atoms with Crippen LogP contribution in [0.4, 0.5) is 0 Å². The Bertz CT molecular complexity index is 517. The molecule has 0 radical (unpaired) electrons. The van der Waals surface area contributed by atoms with E-state index in [2.05, 4.69) is 20.0 Å². The van der Waals surface area contributed by atoms with E-state index < -0.39 is 22.0 Å². The molecule has 0 fully saturated rings. The fourth-order valence-corrected chi connectivity index (χ4v) is 2.31. The van der Waals surface area contributed by atoms with Crippen molar-refractivity contribution in [2.75, 3.05) is 6.54 Å². The molecule has 100 valence electrons. The molecule has 1 aromatic heterocycles. The standard InChI is InChI=1S/C9H13ClN4O3S/c1-3-11-8(15)6(2)14-18(16,17)7-4-12-9(10)13-5-7/h4-6,14H,3H2,1-2H3,(H,11,15). The zero-order chi connectivity index (χ0) is 13.8. The van der Waals surface area contributed by atoms with E-state index in [1.54, 1.807) is 6.92 Å². The Morgan fingerprint density at radius 3 is 2.50 bits per heavy atom. The summed E-state index contributed by atoms with van der Waals surface area (Å²) in [7, 11) is -3.83. The number of rotatable bonds is 5. The molecule has 0 saturated carbocycles. The van der Waals surface area contributed by atoms with Crippen molar-refractivity contribution in [2.45, 2.75) is 24.8 Å². The Kier molecular flexibility index (Phi) is 5.00. The molecule has 9 heteroatoms. The fourth-order valence-electron chi connectivity index (χ4n) is 1.12. The first-order valence-electron chi connectivity index (χ1n) is 5.14. The second-order valence-corrected chi connectivity index (χ2v) is 5.48. The van der Waals surface area contributed by atoms with Crippen molar-refractivity contribution in [2.24, 2.45) is 0 Å². The summed E-state index contributed by atoms with van der Waals surface area (Å²) in [6, 6.07) is -0.884. The topological polar surface area (TPSA) is 101 Å². The van der Waals surface area contributed by atoms with Crippen molar-refractivity contribution in [1.29, 1.82) is 0 Å². The van der Waals surface area contributed by atoms with Gasteiger partial charge in [0.05, 0.1) is 18.4 Å². The number of halogens is 1. The molecule has 1 amide bonds. The first-order chi connectivity index (χ1) is 8.36. The maximum atomic E-state index is 11.8. The van der Waals surface area contributed by atoms with Crippen molar-refractivity contribution in [1.82, 2.24) is 20.0 Å². The molecule has 18 heavy (non-hydrogen) atoms. The van der Waals surface area contributed by atoms with Crippen molar-refractivity contribution in [3.8, 4) is 0 Å². The zero-order valence-electron chi connectivity index (χ0n) is 9.84. The molecule has 0 aliphatic rings. The summed E-state index contributed by atoms with van der Waals surface area (Å²) in [6.07, 6.45) is 2.14. The largest absolute Gasteiger partial charge is 0.355 e. The minimum Gasteiger partial charge on any atom is -0.355 e. The minimum absolute atomic E-state index is 0.0503. The van der Waals surface area contributed by atoms with Gasteiger partial charge in [0.15, 0.2) is 0 Å². The van der Waals surface area contributed by atoms with Crippen LogP contribution in [0.15, 0.2) is 17.3 Å². The molecule has 0 bridgehead atoms. The van der Waals surface area contributed by atoms with Gasteiger partial charge in [-0.25, -0.2) is 18.4 Å². The van der Waals surface area contributed by atoms with E-state index >= 15 is 0 Å². The van der Waals surface area contributed by atoms with Gasteiger partial charge in [-0.05, 0) is 25.4 Å². The van der Waals surface area contributed by atoms with Crippen LogP contribution in [0.3, 0.4) is 0 Å². The highest BCUT2D eigenvalue weighted by Crippen LogP contribution is 2.08. The number of likely N-dealkylation sites (N-methyl/N-ethyl adjacent to an activating group) is 1. The van der Waals surface area contributed by atoms with Gasteiger partial charge in [-0.3, -0.25) is 4.79 Å². The Morgan fingerprint density at radius 2 is 2.00 bits per heavy atom. The number of nitrogens with zero attached hydrogens (tertiary/aromatic N) is 2. The molecular weight excluding hydrogens is 280 g/mol. The number of hydrogen-bond donors (Lipinski definition) is 2. The molecule has 7 nitrogen and oxygen atoms in total. The van der Waals surface area contributed by atoms with Crippen molar-refractivity contribution < 1.29 is 13.2 Å². The van der Waals surface area contributed by atoms with Gasteiger partial charge in [0, 0.05) is 6.54 Å². The van der Waals surface area contributed by atoms with Crippen LogP contribution in [0, 0.1) is 0 Å². The lowest BCUT2D eigenvalue weighted by molar-refractivity contribution is -0.122. The van der Waals surface area contributed by atoms with Crippen LogP contribution < -0.4 is 10.0 Å². The third-order valence-electron chi connectivity index (χ3n) is 1.98. The normalized spacial score (nSPS) is 13.1. The van der Waals surface area contributed by atoms with E-state index in [4.69, 9.17) is 11.6 Å². The number of sulfonamides is 1. The molecule has 1 aromatic rings. The number of hydrogen-bond acceptors (Lipinski definition) is 5. The maximum absolute atomic E-state index is 11.8. The number of amides is 1. The average Bonchev–Trinajstić information content (AvgIpc) is 2.29. The molecule has 1 unspecified atom stereocenters. The first-order valence-corrected chi connectivity index (χ1v) is 7.00. The lowest BCUT2D eigenvalue weighted by atomic mass is 10.3. The summed E-state index contributed by atoms with van der Waals surface area (Å²) in [4.78, 5) is 18.4. The SMILES string of the molecule is CCNC(=O)C(C)NS(=O)(=O)c1cnc(Cl)nc1. The molecule has 0 aliphatic heterocycles. The van der Waals surface area contributed by atoms with Crippen molar-refractivity contribution in [3.05, 3.63) is 17.7 Å². The van der Waals surface area contributed by atoms with Crippen LogP contribution in [0.2, 0.25) is 5.28 Å². The summed E-state index contributed by atoms with van der Waals surface area (Å²) in [6.45, 7) is 3.61. The van der Waals surface area contributed by atoms with Crippen LogP contribution in [0.1, 0.15) is 13.8 Å². The smallest absolute Gasteiger partial charge is 0.244 e. The van der Waals surface area contributed by atoms with E-state index in [1.165, 1.54) is 6.92 Å². The third kappa shape index (κ3) is 3.90. The highest BCUT2D eigenvalue weighted by molar-refractivity contribution is 7.89. The molecule has 0 aromatic carbocycles. The Hall–Kier alpha value is -1.25. The van der Waals surface area contributed by atoms with Gasteiger partial charge >= 0.3 is 0 Å². The molecule has 0 saturated heterocycles. The minimum atomic E-state index is -3.83. The highest BCUT2D eigenvalue weighted by atomic mass is 35.5. The zero-order valence-corrected chi connectivity index (χ0v) is 11.4. The lowest BCUT2D eigenvalue weighted by Gasteiger charge is -2.13. The molecule has 1 rings (SSSR count). The van der Waals surface area contributed by atoms with E-state index in [0.717, 1.165) is 12.4 Å². The van der Waals surface area contributed by atoms with Gasteiger partial charge in [-0.15, -0.1) is 0 Å². The van der Waals surface area contributed by atoms with E-state index in [9.17, 15) is 13.2 Å². The first kappa shape index (κ1) is 14.8. The van der Waals surface area contributed by atoms with E-state index in [0.29, 0.717) is 6.54 Å². The van der Waals surface area contributed by atoms with Gasteiger partial charge < -0.3 is 5.32 Å².